The Balaban J connectivity index is 2.30. The molecule has 5 nitrogen and oxygen atoms in total. The van der Waals surface area contributed by atoms with Crippen LogP contribution in [0.15, 0.2) is 12.3 Å². The third-order valence-electron chi connectivity index (χ3n) is 2.51. The number of aromatic nitrogens is 2. The van der Waals surface area contributed by atoms with E-state index in [9.17, 15) is 4.79 Å². The van der Waals surface area contributed by atoms with E-state index in [0.29, 0.717) is 18.9 Å². The summed E-state index contributed by atoms with van der Waals surface area (Å²) in [5.41, 5.74) is 6.67. The summed E-state index contributed by atoms with van der Waals surface area (Å²) in [6, 6.07) is 1.80. The zero-order valence-electron chi connectivity index (χ0n) is 10.1. The molecule has 1 unspecified atom stereocenters. The van der Waals surface area contributed by atoms with E-state index in [1.807, 2.05) is 33.2 Å². The molecule has 0 aromatic carbocycles. The molecule has 0 aliphatic rings. The molecule has 1 heterocycles. The lowest BCUT2D eigenvalue weighted by Crippen LogP contribution is -2.34. The van der Waals surface area contributed by atoms with E-state index in [2.05, 4.69) is 10.4 Å². The fourth-order valence-corrected chi connectivity index (χ4v) is 1.27. The molecule has 90 valence electrons. The number of rotatable bonds is 5. The molecule has 0 aliphatic carbocycles. The lowest BCUT2D eigenvalue weighted by atomic mass is 10.0. The monoisotopic (exact) mass is 224 g/mol. The van der Waals surface area contributed by atoms with Gasteiger partial charge in [0.25, 0.3) is 0 Å². The van der Waals surface area contributed by atoms with Gasteiger partial charge >= 0.3 is 0 Å². The average molecular weight is 224 g/mol. The summed E-state index contributed by atoms with van der Waals surface area (Å²) >= 11 is 0. The molecule has 1 aromatic heterocycles. The van der Waals surface area contributed by atoms with Gasteiger partial charge in [-0.25, -0.2) is 0 Å². The number of amides is 1. The van der Waals surface area contributed by atoms with E-state index in [4.69, 9.17) is 5.73 Å². The molecule has 1 amide bonds. The predicted molar refractivity (Wildman–Crippen MR) is 62.5 cm³/mol. The molecule has 0 radical (unpaired) electrons. The molecule has 16 heavy (non-hydrogen) atoms. The van der Waals surface area contributed by atoms with Gasteiger partial charge in [0.05, 0.1) is 12.2 Å². The number of nitrogens with one attached hydrogen (secondary N) is 1. The number of hydrogen-bond donors (Lipinski definition) is 2. The molecule has 3 N–H and O–H groups in total. The van der Waals surface area contributed by atoms with Crippen molar-refractivity contribution in [3.8, 4) is 0 Å². The summed E-state index contributed by atoms with van der Waals surface area (Å²) in [5.74, 6) is 0.299. The van der Waals surface area contributed by atoms with Crippen LogP contribution in [-0.2, 0) is 18.4 Å². The zero-order valence-corrected chi connectivity index (χ0v) is 10.1. The van der Waals surface area contributed by atoms with Crippen molar-refractivity contribution < 1.29 is 4.79 Å². The fraction of sp³-hybridized carbons (Fsp3) is 0.636. The second-order valence-corrected chi connectivity index (χ2v) is 4.37. The number of nitrogens with zero attached hydrogens (tertiary/aromatic N) is 2. The van der Waals surface area contributed by atoms with Crippen molar-refractivity contribution in [2.45, 2.75) is 32.9 Å². The van der Waals surface area contributed by atoms with Crippen LogP contribution in [0.25, 0.3) is 0 Å². The van der Waals surface area contributed by atoms with E-state index < -0.39 is 0 Å². The summed E-state index contributed by atoms with van der Waals surface area (Å²) in [7, 11) is 1.85. The van der Waals surface area contributed by atoms with Gasteiger partial charge in [-0.1, -0.05) is 13.8 Å². The zero-order chi connectivity index (χ0) is 12.1. The van der Waals surface area contributed by atoms with E-state index in [1.165, 1.54) is 0 Å². The SMILES string of the molecule is CC(C)C(N)CC(=O)NCc1ccn(C)n1. The minimum absolute atomic E-state index is 0.0214. The van der Waals surface area contributed by atoms with Crippen LogP contribution in [0, 0.1) is 5.92 Å². The van der Waals surface area contributed by atoms with Crippen LogP contribution in [0.3, 0.4) is 0 Å². The Morgan fingerprint density at radius 1 is 1.62 bits per heavy atom. The first-order valence-corrected chi connectivity index (χ1v) is 5.50. The van der Waals surface area contributed by atoms with Crippen LogP contribution in [0.5, 0.6) is 0 Å². The predicted octanol–water partition coefficient (Wildman–Crippen LogP) is 0.410. The average Bonchev–Trinajstić information content (AvgIpc) is 2.61. The number of carbonyl (C=O) groups is 1. The Bertz CT molecular complexity index is 346. The van der Waals surface area contributed by atoms with Gasteiger partial charge in [0, 0.05) is 25.7 Å². The molecular formula is C11H20N4O. The maximum atomic E-state index is 11.5. The number of aryl methyl sites for hydroxylation is 1. The molecule has 0 fully saturated rings. The Labute approximate surface area is 96.0 Å². The lowest BCUT2D eigenvalue weighted by molar-refractivity contribution is -0.121. The summed E-state index contributed by atoms with van der Waals surface area (Å²) in [6.07, 6.45) is 2.21. The summed E-state index contributed by atoms with van der Waals surface area (Å²) < 4.78 is 1.71. The van der Waals surface area contributed by atoms with Crippen molar-refractivity contribution in [3.63, 3.8) is 0 Å². The molecule has 1 atom stereocenters. The molecular weight excluding hydrogens is 204 g/mol. The standard InChI is InChI=1S/C11H20N4O/c1-8(2)10(12)6-11(16)13-7-9-4-5-15(3)14-9/h4-5,8,10H,6-7,12H2,1-3H3,(H,13,16). The molecule has 5 heteroatoms. The normalized spacial score (nSPS) is 12.8. The van der Waals surface area contributed by atoms with Gasteiger partial charge in [0.2, 0.25) is 5.91 Å². The Morgan fingerprint density at radius 3 is 2.81 bits per heavy atom. The smallest absolute Gasteiger partial charge is 0.221 e. The molecule has 0 saturated carbocycles. The largest absolute Gasteiger partial charge is 0.350 e. The third-order valence-corrected chi connectivity index (χ3v) is 2.51. The van der Waals surface area contributed by atoms with Crippen molar-refractivity contribution in [3.05, 3.63) is 18.0 Å². The van der Waals surface area contributed by atoms with Gasteiger partial charge in [0.15, 0.2) is 0 Å². The van der Waals surface area contributed by atoms with Crippen LogP contribution in [-0.4, -0.2) is 21.7 Å². The highest BCUT2D eigenvalue weighted by Crippen LogP contribution is 2.02. The van der Waals surface area contributed by atoms with Crippen LogP contribution >= 0.6 is 0 Å². The van der Waals surface area contributed by atoms with Crippen LogP contribution in [0.2, 0.25) is 0 Å². The highest BCUT2D eigenvalue weighted by molar-refractivity contribution is 5.76. The Morgan fingerprint density at radius 2 is 2.31 bits per heavy atom. The number of carbonyl (C=O) groups excluding carboxylic acids is 1. The van der Waals surface area contributed by atoms with Crippen LogP contribution in [0.4, 0.5) is 0 Å². The van der Waals surface area contributed by atoms with Crippen molar-refractivity contribution in [2.75, 3.05) is 0 Å². The minimum Gasteiger partial charge on any atom is -0.350 e. The van der Waals surface area contributed by atoms with Gasteiger partial charge in [0.1, 0.15) is 0 Å². The summed E-state index contributed by atoms with van der Waals surface area (Å²) in [5, 5.41) is 6.97. The highest BCUT2D eigenvalue weighted by atomic mass is 16.1. The van der Waals surface area contributed by atoms with Crippen molar-refractivity contribution in [1.29, 1.82) is 0 Å². The second-order valence-electron chi connectivity index (χ2n) is 4.37. The van der Waals surface area contributed by atoms with E-state index in [1.54, 1.807) is 4.68 Å². The molecule has 0 bridgehead atoms. The Hall–Kier alpha value is -1.36. The van der Waals surface area contributed by atoms with Crippen molar-refractivity contribution in [1.82, 2.24) is 15.1 Å². The van der Waals surface area contributed by atoms with Crippen LogP contribution < -0.4 is 11.1 Å². The highest BCUT2D eigenvalue weighted by Gasteiger charge is 2.12. The van der Waals surface area contributed by atoms with Gasteiger partial charge < -0.3 is 11.1 Å². The number of hydrogen-bond acceptors (Lipinski definition) is 3. The van der Waals surface area contributed by atoms with Crippen LogP contribution in [0.1, 0.15) is 26.0 Å². The van der Waals surface area contributed by atoms with E-state index >= 15 is 0 Å². The summed E-state index contributed by atoms with van der Waals surface area (Å²) in [4.78, 5) is 11.5. The second kappa shape index (κ2) is 5.65. The molecule has 0 aliphatic heterocycles. The first-order chi connectivity index (χ1) is 7.49. The minimum atomic E-state index is -0.0799. The van der Waals surface area contributed by atoms with Gasteiger partial charge in [-0.05, 0) is 12.0 Å². The fourth-order valence-electron chi connectivity index (χ4n) is 1.27. The Kier molecular flexibility index (Phi) is 4.49. The third kappa shape index (κ3) is 4.02. The summed E-state index contributed by atoms with van der Waals surface area (Å²) in [6.45, 7) is 4.48. The van der Waals surface area contributed by atoms with Crippen molar-refractivity contribution >= 4 is 5.91 Å². The quantitative estimate of drug-likeness (QED) is 0.761. The van der Waals surface area contributed by atoms with Gasteiger partial charge in [-0.2, -0.15) is 5.10 Å². The van der Waals surface area contributed by atoms with E-state index in [-0.39, 0.29) is 11.9 Å². The maximum absolute atomic E-state index is 11.5. The maximum Gasteiger partial charge on any atom is 0.221 e. The van der Waals surface area contributed by atoms with E-state index in [0.717, 1.165) is 5.69 Å². The van der Waals surface area contributed by atoms with Gasteiger partial charge in [-0.3, -0.25) is 9.48 Å². The topological polar surface area (TPSA) is 72.9 Å². The van der Waals surface area contributed by atoms with Gasteiger partial charge in [-0.15, -0.1) is 0 Å². The number of nitrogens with two attached hydrogens (primary N) is 1. The van der Waals surface area contributed by atoms with Crippen molar-refractivity contribution in [2.24, 2.45) is 18.7 Å². The first kappa shape index (κ1) is 12.7. The molecule has 1 rings (SSSR count). The first-order valence-electron chi connectivity index (χ1n) is 5.50. The molecule has 0 saturated heterocycles. The molecule has 1 aromatic rings. The lowest BCUT2D eigenvalue weighted by Gasteiger charge is -2.14. The molecule has 0 spiro atoms.